The van der Waals surface area contributed by atoms with Crippen molar-refractivity contribution in [3.63, 3.8) is 0 Å². The van der Waals surface area contributed by atoms with E-state index in [9.17, 15) is 0 Å². The van der Waals surface area contributed by atoms with Crippen LogP contribution in [-0.2, 0) is 4.74 Å². The molecule has 1 N–H and O–H groups in total. The van der Waals surface area contributed by atoms with Crippen LogP contribution in [0.1, 0.15) is 6.42 Å². The van der Waals surface area contributed by atoms with E-state index in [2.05, 4.69) is 11.9 Å². The second kappa shape index (κ2) is 4.80. The lowest BCUT2D eigenvalue weighted by Crippen LogP contribution is -2.25. The van der Waals surface area contributed by atoms with Crippen LogP contribution in [0.2, 0.25) is 0 Å². The van der Waals surface area contributed by atoms with Crippen molar-refractivity contribution in [1.82, 2.24) is 4.90 Å². The average Bonchev–Trinajstić information content (AvgIpc) is 2.47. The van der Waals surface area contributed by atoms with E-state index < -0.39 is 0 Å². The van der Waals surface area contributed by atoms with Crippen LogP contribution >= 0.6 is 0 Å². The minimum absolute atomic E-state index is 0.256. The summed E-state index contributed by atoms with van der Waals surface area (Å²) < 4.78 is 5.06. The molecule has 0 radical (unpaired) electrons. The molecule has 0 aliphatic carbocycles. The molecule has 1 aliphatic heterocycles. The number of likely N-dealkylation sites (tertiary alicyclic amines) is 1. The lowest BCUT2D eigenvalue weighted by atomic mass is 9.93. The largest absolute Gasteiger partial charge is 0.396 e. The van der Waals surface area contributed by atoms with Gasteiger partial charge in [0.2, 0.25) is 0 Å². The van der Waals surface area contributed by atoms with Crippen molar-refractivity contribution in [3.8, 4) is 0 Å². The molecule has 1 rings (SSSR count). The Hall–Kier alpha value is -0.120. The molecule has 0 aromatic carbocycles. The maximum atomic E-state index is 9.11. The molecule has 2 atom stereocenters. The summed E-state index contributed by atoms with van der Waals surface area (Å²) in [6.07, 6.45) is 1.20. The topological polar surface area (TPSA) is 32.7 Å². The van der Waals surface area contributed by atoms with E-state index in [-0.39, 0.29) is 6.61 Å². The maximum Gasteiger partial charge on any atom is 0.0515 e. The van der Waals surface area contributed by atoms with Crippen molar-refractivity contribution >= 4 is 0 Å². The molecule has 0 spiro atoms. The zero-order valence-corrected chi connectivity index (χ0v) is 7.99. The summed E-state index contributed by atoms with van der Waals surface area (Å²) in [5.74, 6) is 0.958. The number of hydrogen-bond donors (Lipinski definition) is 1. The smallest absolute Gasteiger partial charge is 0.0515 e. The van der Waals surface area contributed by atoms with E-state index in [0.29, 0.717) is 18.4 Å². The number of rotatable bonds is 4. The molecule has 1 aliphatic rings. The van der Waals surface area contributed by atoms with Gasteiger partial charge in [0.25, 0.3) is 0 Å². The van der Waals surface area contributed by atoms with E-state index >= 15 is 0 Å². The average molecular weight is 173 g/mol. The van der Waals surface area contributed by atoms with Crippen LogP contribution in [0.25, 0.3) is 0 Å². The molecule has 0 saturated carbocycles. The van der Waals surface area contributed by atoms with E-state index in [1.54, 1.807) is 7.11 Å². The van der Waals surface area contributed by atoms with Gasteiger partial charge in [-0.05, 0) is 25.9 Å². The van der Waals surface area contributed by atoms with Crippen molar-refractivity contribution in [3.05, 3.63) is 0 Å². The normalized spacial score (nSPS) is 27.8. The standard InChI is InChI=1S/C9H19NO2/c1-10-4-3-8(5-10)9(6-11)7-12-2/h8-9,11H,3-7H2,1-2H3. The summed E-state index contributed by atoms with van der Waals surface area (Å²) in [6.45, 7) is 3.21. The summed E-state index contributed by atoms with van der Waals surface area (Å²) in [4.78, 5) is 2.31. The third kappa shape index (κ3) is 2.44. The number of nitrogens with zero attached hydrogens (tertiary/aromatic N) is 1. The summed E-state index contributed by atoms with van der Waals surface area (Å²) in [5.41, 5.74) is 0. The fraction of sp³-hybridized carbons (Fsp3) is 1.00. The van der Waals surface area contributed by atoms with Gasteiger partial charge in [-0.1, -0.05) is 0 Å². The van der Waals surface area contributed by atoms with Crippen LogP contribution in [0.4, 0.5) is 0 Å². The van der Waals surface area contributed by atoms with Crippen LogP contribution in [-0.4, -0.2) is 50.5 Å². The van der Waals surface area contributed by atoms with Gasteiger partial charge in [-0.3, -0.25) is 0 Å². The fourth-order valence-electron chi connectivity index (χ4n) is 1.91. The highest BCUT2D eigenvalue weighted by molar-refractivity contribution is 4.78. The van der Waals surface area contributed by atoms with Gasteiger partial charge in [0.15, 0.2) is 0 Å². The van der Waals surface area contributed by atoms with Crippen LogP contribution in [0.15, 0.2) is 0 Å². The summed E-state index contributed by atoms with van der Waals surface area (Å²) >= 11 is 0. The van der Waals surface area contributed by atoms with Crippen molar-refractivity contribution < 1.29 is 9.84 Å². The zero-order valence-electron chi connectivity index (χ0n) is 7.99. The fourth-order valence-corrected chi connectivity index (χ4v) is 1.91. The third-order valence-electron chi connectivity index (χ3n) is 2.71. The van der Waals surface area contributed by atoms with E-state index in [1.807, 2.05) is 0 Å². The summed E-state index contributed by atoms with van der Waals surface area (Å²) in [6, 6.07) is 0. The molecule has 0 amide bonds. The van der Waals surface area contributed by atoms with E-state index in [0.717, 1.165) is 13.1 Å². The Balaban J connectivity index is 2.33. The lowest BCUT2D eigenvalue weighted by Gasteiger charge is -2.20. The quantitative estimate of drug-likeness (QED) is 0.659. The minimum Gasteiger partial charge on any atom is -0.396 e. The van der Waals surface area contributed by atoms with E-state index in [4.69, 9.17) is 9.84 Å². The molecule has 3 nitrogen and oxygen atoms in total. The molecule has 1 fully saturated rings. The van der Waals surface area contributed by atoms with Gasteiger partial charge in [-0.25, -0.2) is 0 Å². The van der Waals surface area contributed by atoms with Gasteiger partial charge >= 0.3 is 0 Å². The molecule has 1 heterocycles. The number of ether oxygens (including phenoxy) is 1. The van der Waals surface area contributed by atoms with Crippen molar-refractivity contribution in [1.29, 1.82) is 0 Å². The molecule has 1 saturated heterocycles. The Morgan fingerprint density at radius 2 is 2.42 bits per heavy atom. The van der Waals surface area contributed by atoms with E-state index in [1.165, 1.54) is 6.42 Å². The van der Waals surface area contributed by atoms with Crippen LogP contribution in [0.5, 0.6) is 0 Å². The van der Waals surface area contributed by atoms with Gasteiger partial charge in [0.05, 0.1) is 6.61 Å². The van der Waals surface area contributed by atoms with Crippen LogP contribution < -0.4 is 0 Å². The highest BCUT2D eigenvalue weighted by Gasteiger charge is 2.26. The maximum absolute atomic E-state index is 9.11. The summed E-state index contributed by atoms with van der Waals surface area (Å²) in [7, 11) is 3.82. The van der Waals surface area contributed by atoms with Crippen LogP contribution in [0, 0.1) is 11.8 Å². The van der Waals surface area contributed by atoms with Gasteiger partial charge in [0, 0.05) is 26.2 Å². The first-order chi connectivity index (χ1) is 5.77. The Morgan fingerprint density at radius 1 is 1.67 bits per heavy atom. The molecule has 0 bridgehead atoms. The third-order valence-corrected chi connectivity index (χ3v) is 2.71. The highest BCUT2D eigenvalue weighted by Crippen LogP contribution is 2.22. The molecule has 0 aromatic rings. The number of aliphatic hydroxyl groups is 1. The first kappa shape index (κ1) is 9.96. The molecular weight excluding hydrogens is 154 g/mol. The molecule has 12 heavy (non-hydrogen) atoms. The van der Waals surface area contributed by atoms with Gasteiger partial charge in [-0.15, -0.1) is 0 Å². The summed E-state index contributed by atoms with van der Waals surface area (Å²) in [5, 5.41) is 9.11. The molecular formula is C9H19NO2. The first-order valence-electron chi connectivity index (χ1n) is 4.56. The van der Waals surface area contributed by atoms with Gasteiger partial charge < -0.3 is 14.7 Å². The minimum atomic E-state index is 0.256. The van der Waals surface area contributed by atoms with Crippen molar-refractivity contribution in [2.75, 3.05) is 40.5 Å². The monoisotopic (exact) mass is 173 g/mol. The van der Waals surface area contributed by atoms with Crippen molar-refractivity contribution in [2.45, 2.75) is 6.42 Å². The molecule has 3 heteroatoms. The number of hydrogen-bond acceptors (Lipinski definition) is 3. The first-order valence-corrected chi connectivity index (χ1v) is 4.56. The predicted octanol–water partition coefficient (Wildman–Crippen LogP) is 0.193. The Labute approximate surface area is 74.3 Å². The molecule has 0 aromatic heterocycles. The lowest BCUT2D eigenvalue weighted by molar-refractivity contribution is 0.0779. The zero-order chi connectivity index (χ0) is 8.97. The van der Waals surface area contributed by atoms with Gasteiger partial charge in [0.1, 0.15) is 0 Å². The second-order valence-electron chi connectivity index (χ2n) is 3.71. The second-order valence-corrected chi connectivity index (χ2v) is 3.71. The molecule has 2 unspecified atom stereocenters. The number of aliphatic hydroxyl groups excluding tert-OH is 1. The number of methoxy groups -OCH3 is 1. The Morgan fingerprint density at radius 3 is 2.83 bits per heavy atom. The van der Waals surface area contributed by atoms with Gasteiger partial charge in [-0.2, -0.15) is 0 Å². The van der Waals surface area contributed by atoms with Crippen LogP contribution in [0.3, 0.4) is 0 Å². The predicted molar refractivity (Wildman–Crippen MR) is 48.1 cm³/mol. The van der Waals surface area contributed by atoms with Crippen molar-refractivity contribution in [2.24, 2.45) is 11.8 Å². The molecule has 72 valence electrons. The Bertz CT molecular complexity index is 128. The Kier molecular flexibility index (Phi) is 3.98. The highest BCUT2D eigenvalue weighted by atomic mass is 16.5. The SMILES string of the molecule is COCC(CO)C1CCN(C)C1.